The molecule has 1 saturated carbocycles. The normalized spacial score (nSPS) is 21.0. The lowest BCUT2D eigenvalue weighted by atomic mass is 10.3. The summed E-state index contributed by atoms with van der Waals surface area (Å²) in [5, 5.41) is 6.40. The van der Waals surface area contributed by atoms with Crippen molar-refractivity contribution in [3.8, 4) is 0 Å². The van der Waals surface area contributed by atoms with Gasteiger partial charge in [0.2, 0.25) is 0 Å². The number of thiophene rings is 1. The molecule has 2 aromatic rings. The van der Waals surface area contributed by atoms with Crippen LogP contribution in [0.25, 0.3) is 10.2 Å². The lowest BCUT2D eigenvalue weighted by Gasteiger charge is -2.34. The molecule has 1 N–H and O–H groups in total. The third-order valence-electron chi connectivity index (χ3n) is 4.44. The molecule has 1 saturated heterocycles. The molecule has 0 spiro atoms. The first-order valence-electron chi connectivity index (χ1n) is 7.72. The lowest BCUT2D eigenvalue weighted by Crippen LogP contribution is -2.46. The fourth-order valence-electron chi connectivity index (χ4n) is 3.09. The molecule has 0 amide bonds. The summed E-state index contributed by atoms with van der Waals surface area (Å²) < 4.78 is 0. The van der Waals surface area contributed by atoms with E-state index in [9.17, 15) is 0 Å². The van der Waals surface area contributed by atoms with Gasteiger partial charge in [0.25, 0.3) is 0 Å². The van der Waals surface area contributed by atoms with E-state index >= 15 is 0 Å². The van der Waals surface area contributed by atoms with E-state index in [4.69, 9.17) is 4.98 Å². The van der Waals surface area contributed by atoms with Gasteiger partial charge in [-0.1, -0.05) is 0 Å². The molecule has 0 unspecified atom stereocenters. The SMILES string of the molecule is CNc1nc(CN2CCN(C3CC3)CC2)nc2sccc12. The molecule has 2 aliphatic rings. The Balaban J connectivity index is 1.46. The maximum Gasteiger partial charge on any atom is 0.146 e. The van der Waals surface area contributed by atoms with Crippen LogP contribution in [0.3, 0.4) is 0 Å². The predicted octanol–water partition coefficient (Wildman–Crippen LogP) is 2.01. The Hall–Kier alpha value is -1.24. The second-order valence-electron chi connectivity index (χ2n) is 5.92. The zero-order valence-electron chi connectivity index (χ0n) is 12.4. The molecule has 0 aromatic carbocycles. The molecule has 2 aromatic heterocycles. The predicted molar refractivity (Wildman–Crippen MR) is 86.8 cm³/mol. The second-order valence-corrected chi connectivity index (χ2v) is 6.82. The van der Waals surface area contributed by atoms with E-state index in [2.05, 4.69) is 31.5 Å². The molecule has 3 heterocycles. The van der Waals surface area contributed by atoms with Crippen LogP contribution in [0.1, 0.15) is 18.7 Å². The first kappa shape index (κ1) is 13.4. The molecule has 21 heavy (non-hydrogen) atoms. The fourth-order valence-corrected chi connectivity index (χ4v) is 3.87. The molecule has 6 heteroatoms. The number of anilines is 1. The van der Waals surface area contributed by atoms with Crippen LogP contribution < -0.4 is 5.32 Å². The summed E-state index contributed by atoms with van der Waals surface area (Å²) in [5.41, 5.74) is 0. The Labute approximate surface area is 129 Å². The highest BCUT2D eigenvalue weighted by Gasteiger charge is 2.31. The molecule has 5 nitrogen and oxygen atoms in total. The van der Waals surface area contributed by atoms with Crippen LogP contribution in [-0.4, -0.2) is 59.0 Å². The molecule has 0 radical (unpaired) electrons. The van der Waals surface area contributed by atoms with Gasteiger partial charge in [0.15, 0.2) is 0 Å². The van der Waals surface area contributed by atoms with Crippen molar-refractivity contribution in [2.45, 2.75) is 25.4 Å². The zero-order chi connectivity index (χ0) is 14.2. The van der Waals surface area contributed by atoms with Crippen molar-refractivity contribution in [1.82, 2.24) is 19.8 Å². The summed E-state index contributed by atoms with van der Waals surface area (Å²) in [4.78, 5) is 15.6. The van der Waals surface area contributed by atoms with Crippen molar-refractivity contribution < 1.29 is 0 Å². The average molecular weight is 303 g/mol. The quantitative estimate of drug-likeness (QED) is 0.936. The summed E-state index contributed by atoms with van der Waals surface area (Å²) >= 11 is 1.69. The molecular weight excluding hydrogens is 282 g/mol. The van der Waals surface area contributed by atoms with Crippen molar-refractivity contribution in [3.63, 3.8) is 0 Å². The minimum Gasteiger partial charge on any atom is -0.372 e. The van der Waals surface area contributed by atoms with Crippen LogP contribution in [0, 0.1) is 0 Å². The molecule has 2 fully saturated rings. The van der Waals surface area contributed by atoms with Crippen LogP contribution >= 0.6 is 11.3 Å². The summed E-state index contributed by atoms with van der Waals surface area (Å²) in [7, 11) is 1.93. The summed E-state index contributed by atoms with van der Waals surface area (Å²) in [5.74, 6) is 1.89. The number of aromatic nitrogens is 2. The number of fused-ring (bicyclic) bond motifs is 1. The Morgan fingerprint density at radius 1 is 1.24 bits per heavy atom. The molecule has 4 rings (SSSR count). The van der Waals surface area contributed by atoms with Crippen LogP contribution in [0.15, 0.2) is 11.4 Å². The van der Waals surface area contributed by atoms with Gasteiger partial charge in [0.05, 0.1) is 11.9 Å². The van der Waals surface area contributed by atoms with E-state index < -0.39 is 0 Å². The second kappa shape index (κ2) is 5.51. The van der Waals surface area contributed by atoms with Gasteiger partial charge in [-0.3, -0.25) is 9.80 Å². The standard InChI is InChI=1S/C15H21N5S/c1-16-14-12-4-9-21-15(12)18-13(17-14)10-19-5-7-20(8-6-19)11-2-3-11/h4,9,11H,2-3,5-8,10H2,1H3,(H,16,17,18). The Kier molecular flexibility index (Phi) is 3.52. The maximum atomic E-state index is 4.72. The van der Waals surface area contributed by atoms with Crippen LogP contribution in [0.5, 0.6) is 0 Å². The van der Waals surface area contributed by atoms with Crippen LogP contribution in [0.4, 0.5) is 5.82 Å². The lowest BCUT2D eigenvalue weighted by molar-refractivity contribution is 0.119. The first-order valence-corrected chi connectivity index (χ1v) is 8.60. The van der Waals surface area contributed by atoms with Crippen molar-refractivity contribution in [2.24, 2.45) is 0 Å². The third-order valence-corrected chi connectivity index (χ3v) is 5.25. The van der Waals surface area contributed by atoms with Crippen molar-refractivity contribution in [2.75, 3.05) is 38.5 Å². The largest absolute Gasteiger partial charge is 0.372 e. The molecule has 1 aliphatic heterocycles. The number of nitrogens with one attached hydrogen (secondary N) is 1. The Bertz CT molecular complexity index is 628. The van der Waals surface area contributed by atoms with E-state index in [0.717, 1.165) is 47.5 Å². The minimum absolute atomic E-state index is 0.862. The number of rotatable bonds is 4. The summed E-state index contributed by atoms with van der Waals surface area (Å²) in [6, 6.07) is 2.98. The van der Waals surface area contributed by atoms with Gasteiger partial charge in [-0.25, -0.2) is 9.97 Å². The van der Waals surface area contributed by atoms with E-state index in [-0.39, 0.29) is 0 Å². The van der Waals surface area contributed by atoms with Crippen LogP contribution in [0.2, 0.25) is 0 Å². The summed E-state index contributed by atoms with van der Waals surface area (Å²) in [6.07, 6.45) is 2.81. The van der Waals surface area contributed by atoms with Crippen molar-refractivity contribution >= 4 is 27.4 Å². The Morgan fingerprint density at radius 2 is 2.05 bits per heavy atom. The van der Waals surface area contributed by atoms with Crippen LogP contribution in [-0.2, 0) is 6.54 Å². The van der Waals surface area contributed by atoms with Gasteiger partial charge in [-0.05, 0) is 24.3 Å². The number of piperazine rings is 1. The van der Waals surface area contributed by atoms with Gasteiger partial charge in [-0.15, -0.1) is 11.3 Å². The van der Waals surface area contributed by atoms with E-state index in [1.54, 1.807) is 11.3 Å². The smallest absolute Gasteiger partial charge is 0.146 e. The highest BCUT2D eigenvalue weighted by atomic mass is 32.1. The molecular formula is C15H21N5S. The van der Waals surface area contributed by atoms with Gasteiger partial charge >= 0.3 is 0 Å². The van der Waals surface area contributed by atoms with Gasteiger partial charge in [0, 0.05) is 39.3 Å². The maximum absolute atomic E-state index is 4.72. The van der Waals surface area contributed by atoms with E-state index in [1.807, 2.05) is 7.05 Å². The molecule has 1 aliphatic carbocycles. The van der Waals surface area contributed by atoms with Gasteiger partial charge in [-0.2, -0.15) is 0 Å². The average Bonchev–Trinajstić information content (AvgIpc) is 3.25. The van der Waals surface area contributed by atoms with Crippen molar-refractivity contribution in [3.05, 3.63) is 17.3 Å². The molecule has 0 atom stereocenters. The number of hydrogen-bond donors (Lipinski definition) is 1. The minimum atomic E-state index is 0.862. The molecule has 0 bridgehead atoms. The number of hydrogen-bond acceptors (Lipinski definition) is 6. The van der Waals surface area contributed by atoms with E-state index in [0.29, 0.717) is 0 Å². The topological polar surface area (TPSA) is 44.3 Å². The third kappa shape index (κ3) is 2.75. The van der Waals surface area contributed by atoms with Crippen molar-refractivity contribution in [1.29, 1.82) is 0 Å². The zero-order valence-corrected chi connectivity index (χ0v) is 13.2. The highest BCUT2D eigenvalue weighted by molar-refractivity contribution is 7.16. The number of nitrogens with zero attached hydrogens (tertiary/aromatic N) is 4. The van der Waals surface area contributed by atoms with Gasteiger partial charge < -0.3 is 5.32 Å². The Morgan fingerprint density at radius 3 is 2.76 bits per heavy atom. The monoisotopic (exact) mass is 303 g/mol. The molecule has 112 valence electrons. The fraction of sp³-hybridized carbons (Fsp3) is 0.600. The first-order chi connectivity index (χ1) is 10.3. The summed E-state index contributed by atoms with van der Waals surface area (Å²) in [6.45, 7) is 5.53. The van der Waals surface area contributed by atoms with E-state index in [1.165, 1.54) is 25.9 Å². The van der Waals surface area contributed by atoms with Gasteiger partial charge in [0.1, 0.15) is 16.5 Å². The highest BCUT2D eigenvalue weighted by Crippen LogP contribution is 2.28.